The SMILES string of the molecule is O=C1CCN(c2c(Cc3cc(C(F)(F)F)cc(C(F)(F)F)c3)ccc3c2Cc2ccccc2-3)C(c2c(-c3ccccc3)ccc3c2Cc2ccccc2-3)C1. The Morgan fingerprint density at radius 2 is 1.15 bits per heavy atom. The zero-order valence-electron chi connectivity index (χ0n) is 29.0. The fraction of sp³-hybridized carbons (Fsp3) is 0.196. The molecule has 1 unspecified atom stereocenters. The number of hydrogen-bond acceptors (Lipinski definition) is 2. The number of carbonyl (C=O) groups is 1. The molecule has 1 saturated heterocycles. The summed E-state index contributed by atoms with van der Waals surface area (Å²) in [4.78, 5) is 15.8. The number of fused-ring (bicyclic) bond motifs is 6. The number of rotatable bonds is 5. The van der Waals surface area contributed by atoms with Crippen molar-refractivity contribution in [3.05, 3.63) is 171 Å². The number of nitrogens with zero attached hydrogens (tertiary/aromatic N) is 1. The Balaban J connectivity index is 1.26. The van der Waals surface area contributed by atoms with Crippen LogP contribution in [0.2, 0.25) is 0 Å². The lowest BCUT2D eigenvalue weighted by molar-refractivity contribution is -0.143. The molecule has 6 aromatic carbocycles. The number of ketones is 1. The van der Waals surface area contributed by atoms with E-state index in [1.54, 1.807) is 0 Å². The Bertz CT molecular complexity index is 2430. The summed E-state index contributed by atoms with van der Waals surface area (Å²) >= 11 is 0. The molecular formula is C46H33F6NO. The molecule has 0 bridgehead atoms. The lowest BCUT2D eigenvalue weighted by atomic mass is 9.82. The predicted molar refractivity (Wildman–Crippen MR) is 198 cm³/mol. The number of alkyl halides is 6. The smallest absolute Gasteiger partial charge is 0.363 e. The van der Waals surface area contributed by atoms with Gasteiger partial charge in [0.2, 0.25) is 0 Å². The van der Waals surface area contributed by atoms with Gasteiger partial charge in [0.1, 0.15) is 5.78 Å². The summed E-state index contributed by atoms with van der Waals surface area (Å²) in [7, 11) is 0. The minimum Gasteiger partial charge on any atom is -0.363 e. The number of Topliss-reactive ketones (excluding diaryl/α,β-unsaturated/α-hetero) is 1. The zero-order chi connectivity index (χ0) is 37.4. The quantitative estimate of drug-likeness (QED) is 0.164. The van der Waals surface area contributed by atoms with E-state index in [0.29, 0.717) is 24.9 Å². The van der Waals surface area contributed by atoms with Gasteiger partial charge >= 0.3 is 12.4 Å². The van der Waals surface area contributed by atoms with Crippen LogP contribution >= 0.6 is 0 Å². The molecule has 1 aliphatic heterocycles. The van der Waals surface area contributed by atoms with Crippen molar-refractivity contribution in [3.8, 4) is 33.4 Å². The third-order valence-corrected chi connectivity index (χ3v) is 11.2. The zero-order valence-corrected chi connectivity index (χ0v) is 29.0. The summed E-state index contributed by atoms with van der Waals surface area (Å²) in [6, 6.07) is 35.8. The van der Waals surface area contributed by atoms with Crippen LogP contribution in [0, 0.1) is 0 Å². The molecule has 2 nitrogen and oxygen atoms in total. The first-order valence-corrected chi connectivity index (χ1v) is 18.0. The van der Waals surface area contributed by atoms with E-state index in [4.69, 9.17) is 0 Å². The number of anilines is 1. The van der Waals surface area contributed by atoms with Crippen LogP contribution in [0.5, 0.6) is 0 Å². The van der Waals surface area contributed by atoms with Crippen LogP contribution in [-0.4, -0.2) is 12.3 Å². The first-order valence-electron chi connectivity index (χ1n) is 18.0. The molecular weight excluding hydrogens is 696 g/mol. The van der Waals surface area contributed by atoms with Crippen molar-refractivity contribution in [1.29, 1.82) is 0 Å². The van der Waals surface area contributed by atoms with E-state index in [2.05, 4.69) is 41.3 Å². The van der Waals surface area contributed by atoms with Gasteiger partial charge in [-0.05, 0) is 103 Å². The van der Waals surface area contributed by atoms with Crippen molar-refractivity contribution in [2.24, 2.45) is 0 Å². The van der Waals surface area contributed by atoms with Crippen molar-refractivity contribution in [2.75, 3.05) is 11.4 Å². The molecule has 54 heavy (non-hydrogen) atoms. The summed E-state index contributed by atoms with van der Waals surface area (Å²) in [6.45, 7) is 0.352. The predicted octanol–water partition coefficient (Wildman–Crippen LogP) is 12.0. The van der Waals surface area contributed by atoms with Crippen molar-refractivity contribution < 1.29 is 31.1 Å². The summed E-state index contributed by atoms with van der Waals surface area (Å²) in [5.41, 5.74) is 10.3. The highest BCUT2D eigenvalue weighted by Crippen LogP contribution is 2.51. The third-order valence-electron chi connectivity index (χ3n) is 11.2. The highest BCUT2D eigenvalue weighted by atomic mass is 19.4. The molecule has 1 atom stereocenters. The van der Waals surface area contributed by atoms with Gasteiger partial charge in [0.25, 0.3) is 0 Å². The van der Waals surface area contributed by atoms with Crippen LogP contribution in [0.1, 0.15) is 69.0 Å². The summed E-state index contributed by atoms with van der Waals surface area (Å²) in [6.07, 6.45) is -8.38. The molecule has 0 radical (unpaired) electrons. The average molecular weight is 730 g/mol. The van der Waals surface area contributed by atoms with Gasteiger partial charge < -0.3 is 4.90 Å². The van der Waals surface area contributed by atoms with Gasteiger partial charge in [0, 0.05) is 31.5 Å². The van der Waals surface area contributed by atoms with Crippen LogP contribution in [-0.2, 0) is 36.4 Å². The van der Waals surface area contributed by atoms with Gasteiger partial charge in [0.05, 0.1) is 17.2 Å². The first kappa shape index (κ1) is 34.2. The van der Waals surface area contributed by atoms with Gasteiger partial charge in [-0.15, -0.1) is 0 Å². The Morgan fingerprint density at radius 3 is 1.80 bits per heavy atom. The number of hydrogen-bond donors (Lipinski definition) is 0. The molecule has 2 aliphatic carbocycles. The largest absolute Gasteiger partial charge is 0.416 e. The normalized spacial score (nSPS) is 16.2. The molecule has 1 heterocycles. The Morgan fingerprint density at radius 1 is 0.593 bits per heavy atom. The second-order valence-electron chi connectivity index (χ2n) is 14.5. The molecule has 0 aromatic heterocycles. The van der Waals surface area contributed by atoms with E-state index < -0.39 is 29.5 Å². The van der Waals surface area contributed by atoms with Gasteiger partial charge in [0.15, 0.2) is 0 Å². The minimum atomic E-state index is -4.96. The molecule has 9 rings (SSSR count). The molecule has 3 aliphatic rings. The van der Waals surface area contributed by atoms with E-state index in [0.717, 1.165) is 73.5 Å². The van der Waals surface area contributed by atoms with Crippen molar-refractivity contribution in [2.45, 2.75) is 50.5 Å². The van der Waals surface area contributed by atoms with E-state index in [9.17, 15) is 31.1 Å². The molecule has 6 aromatic rings. The second-order valence-corrected chi connectivity index (χ2v) is 14.5. The maximum absolute atomic E-state index is 14.0. The average Bonchev–Trinajstić information content (AvgIpc) is 3.73. The topological polar surface area (TPSA) is 20.3 Å². The fourth-order valence-electron chi connectivity index (χ4n) is 8.93. The first-order chi connectivity index (χ1) is 25.9. The molecule has 0 amide bonds. The van der Waals surface area contributed by atoms with Crippen LogP contribution in [0.3, 0.4) is 0 Å². The van der Waals surface area contributed by atoms with Gasteiger partial charge in [-0.2, -0.15) is 26.3 Å². The van der Waals surface area contributed by atoms with E-state index >= 15 is 0 Å². The summed E-state index contributed by atoms with van der Waals surface area (Å²) in [5, 5.41) is 0. The van der Waals surface area contributed by atoms with Gasteiger partial charge in [-0.3, -0.25) is 4.79 Å². The molecule has 270 valence electrons. The van der Waals surface area contributed by atoms with Crippen LogP contribution in [0.4, 0.5) is 32.0 Å². The van der Waals surface area contributed by atoms with Gasteiger partial charge in [-0.25, -0.2) is 0 Å². The third kappa shape index (κ3) is 5.88. The van der Waals surface area contributed by atoms with Crippen LogP contribution < -0.4 is 4.90 Å². The van der Waals surface area contributed by atoms with Crippen LogP contribution in [0.25, 0.3) is 33.4 Å². The molecule has 8 heteroatoms. The Hall–Kier alpha value is -5.63. The summed E-state index contributed by atoms with van der Waals surface area (Å²) < 4.78 is 84.2. The van der Waals surface area contributed by atoms with E-state index in [1.165, 1.54) is 5.56 Å². The van der Waals surface area contributed by atoms with Crippen molar-refractivity contribution in [1.82, 2.24) is 0 Å². The van der Waals surface area contributed by atoms with Gasteiger partial charge in [-0.1, -0.05) is 103 Å². The minimum absolute atomic E-state index is 0.0838. The monoisotopic (exact) mass is 729 g/mol. The summed E-state index contributed by atoms with van der Waals surface area (Å²) in [5.74, 6) is 0.105. The second kappa shape index (κ2) is 12.8. The number of piperidine rings is 1. The molecule has 0 saturated carbocycles. The maximum Gasteiger partial charge on any atom is 0.416 e. The van der Waals surface area contributed by atoms with E-state index in [1.807, 2.05) is 66.7 Å². The molecule has 0 N–H and O–H groups in total. The van der Waals surface area contributed by atoms with Crippen LogP contribution in [0.15, 0.2) is 121 Å². The van der Waals surface area contributed by atoms with E-state index in [-0.39, 0.29) is 36.7 Å². The number of benzene rings is 6. The Labute approximate surface area is 308 Å². The molecule has 0 spiro atoms. The Kier molecular flexibility index (Phi) is 8.07. The molecule has 1 fully saturated rings. The van der Waals surface area contributed by atoms with Crippen molar-refractivity contribution in [3.63, 3.8) is 0 Å². The fourth-order valence-corrected chi connectivity index (χ4v) is 8.93. The highest BCUT2D eigenvalue weighted by Gasteiger charge is 2.39. The lowest BCUT2D eigenvalue weighted by Crippen LogP contribution is -2.39. The lowest BCUT2D eigenvalue weighted by Gasteiger charge is -2.41. The van der Waals surface area contributed by atoms with Crippen molar-refractivity contribution >= 4 is 11.5 Å². The maximum atomic E-state index is 14.0. The number of halogens is 6. The highest BCUT2D eigenvalue weighted by molar-refractivity contribution is 5.90. The standard InChI is InChI=1S/C46H33F6NO/c47-45(48,49)32-21-27(22-33(25-32)46(50,51)52)20-31-14-15-39-36-13-7-5-11-30(36)24-41(39)44(31)53-19-18-34(54)26-42(53)43-37(28-8-2-1-3-9-28)16-17-38-35-12-6-4-10-29(35)23-40(38)43/h1-17,21-22,25,42H,18-20,23-24,26H2. The number of carbonyl (C=O) groups excluding carboxylic acids is 1.